The quantitative estimate of drug-likeness (QED) is 0.775. The Morgan fingerprint density at radius 2 is 2.35 bits per heavy atom. The van der Waals surface area contributed by atoms with Crippen molar-refractivity contribution in [1.82, 2.24) is 9.36 Å². The number of fused-ring (bicyclic) bond motifs is 2. The third-order valence-electron chi connectivity index (χ3n) is 4.22. The van der Waals surface area contributed by atoms with Gasteiger partial charge in [-0.05, 0) is 36.0 Å². The van der Waals surface area contributed by atoms with Crippen molar-refractivity contribution in [2.24, 2.45) is 0 Å². The molecular weight excluding hydrogens is 333 g/mol. The van der Waals surface area contributed by atoms with Crippen molar-refractivity contribution < 1.29 is 9.18 Å². The van der Waals surface area contributed by atoms with Crippen molar-refractivity contribution in [3.8, 4) is 0 Å². The van der Waals surface area contributed by atoms with Gasteiger partial charge in [0.1, 0.15) is 10.8 Å². The van der Waals surface area contributed by atoms with Crippen molar-refractivity contribution in [3.63, 3.8) is 0 Å². The summed E-state index contributed by atoms with van der Waals surface area (Å²) in [5.74, 6) is -0.140. The fraction of sp³-hybridized carbons (Fsp3) is 0.312. The van der Waals surface area contributed by atoms with Crippen LogP contribution in [0.3, 0.4) is 0 Å². The second-order valence-electron chi connectivity index (χ2n) is 5.80. The Labute approximate surface area is 140 Å². The van der Waals surface area contributed by atoms with Gasteiger partial charge in [-0.2, -0.15) is 4.37 Å². The minimum atomic E-state index is -0.387. The first-order valence-corrected chi connectivity index (χ1v) is 9.07. The summed E-state index contributed by atoms with van der Waals surface area (Å²) in [5, 5.41) is 3.71. The molecule has 118 valence electrons. The molecule has 23 heavy (non-hydrogen) atoms. The van der Waals surface area contributed by atoms with Gasteiger partial charge in [-0.1, -0.05) is 6.92 Å². The number of benzene rings is 1. The molecule has 1 unspecified atom stereocenters. The Balaban J connectivity index is 1.53. The minimum absolute atomic E-state index is 0.0158. The first kappa shape index (κ1) is 14.7. The van der Waals surface area contributed by atoms with Crippen LogP contribution in [0.4, 0.5) is 9.39 Å². The number of nitrogens with zero attached hydrogens (tertiary/aromatic N) is 2. The number of hydrogen-bond acceptors (Lipinski definition) is 5. The number of halogens is 1. The van der Waals surface area contributed by atoms with Crippen LogP contribution in [0.1, 0.15) is 36.1 Å². The van der Waals surface area contributed by atoms with Gasteiger partial charge in [-0.3, -0.25) is 4.79 Å². The lowest BCUT2D eigenvalue weighted by atomic mass is 10.1. The van der Waals surface area contributed by atoms with Crippen LogP contribution in [0.15, 0.2) is 17.6 Å². The number of carbonyl (C=O) groups is 1. The largest absolute Gasteiger partial charge is 0.316 e. The molecule has 1 aliphatic rings. The third kappa shape index (κ3) is 2.64. The molecule has 0 saturated heterocycles. The zero-order valence-corrected chi connectivity index (χ0v) is 14.1. The Kier molecular flexibility index (Phi) is 3.61. The van der Waals surface area contributed by atoms with E-state index in [9.17, 15) is 9.18 Å². The monoisotopic (exact) mass is 347 g/mol. The third-order valence-corrected chi connectivity index (χ3v) is 5.83. The van der Waals surface area contributed by atoms with Gasteiger partial charge in [0, 0.05) is 17.5 Å². The van der Waals surface area contributed by atoms with E-state index in [0.717, 1.165) is 33.8 Å². The van der Waals surface area contributed by atoms with Crippen molar-refractivity contribution in [1.29, 1.82) is 0 Å². The van der Waals surface area contributed by atoms with Gasteiger partial charge in [0.2, 0.25) is 5.91 Å². The molecule has 1 amide bonds. The molecule has 0 radical (unpaired) electrons. The number of amides is 1. The molecular formula is C16H14FN3OS2. The van der Waals surface area contributed by atoms with Crippen LogP contribution >= 0.6 is 22.9 Å². The first-order valence-electron chi connectivity index (χ1n) is 7.41. The van der Waals surface area contributed by atoms with Crippen LogP contribution in [0.5, 0.6) is 0 Å². The van der Waals surface area contributed by atoms with Crippen LogP contribution in [0, 0.1) is 5.82 Å². The van der Waals surface area contributed by atoms with Crippen LogP contribution in [-0.2, 0) is 17.6 Å². The molecule has 0 fully saturated rings. The Hall–Kier alpha value is -1.86. The highest BCUT2D eigenvalue weighted by atomic mass is 32.1. The lowest BCUT2D eigenvalue weighted by molar-refractivity contribution is -0.115. The SMILES string of the molecule is CC1CCc2c1nsc2NC(=O)Cc1cc2scnc2cc1F. The maximum Gasteiger partial charge on any atom is 0.229 e. The van der Waals surface area contributed by atoms with Gasteiger partial charge in [0.25, 0.3) is 0 Å². The molecule has 1 aliphatic carbocycles. The molecule has 1 N–H and O–H groups in total. The number of aromatic nitrogens is 2. The van der Waals surface area contributed by atoms with E-state index in [1.54, 1.807) is 11.6 Å². The Morgan fingerprint density at radius 3 is 3.22 bits per heavy atom. The zero-order chi connectivity index (χ0) is 16.0. The van der Waals surface area contributed by atoms with E-state index >= 15 is 0 Å². The number of thiazole rings is 1. The highest BCUT2D eigenvalue weighted by Crippen LogP contribution is 2.39. The molecule has 4 rings (SSSR count). The van der Waals surface area contributed by atoms with Gasteiger partial charge < -0.3 is 5.32 Å². The molecule has 0 aliphatic heterocycles. The summed E-state index contributed by atoms with van der Waals surface area (Å²) in [6.07, 6.45) is 2.04. The lowest BCUT2D eigenvalue weighted by Crippen LogP contribution is -2.15. The summed E-state index contributed by atoms with van der Waals surface area (Å²) in [5.41, 5.74) is 4.95. The van der Waals surface area contributed by atoms with E-state index < -0.39 is 0 Å². The van der Waals surface area contributed by atoms with E-state index in [2.05, 4.69) is 21.6 Å². The first-order chi connectivity index (χ1) is 11.1. The average molecular weight is 347 g/mol. The molecule has 2 aromatic heterocycles. The number of carbonyl (C=O) groups excluding carboxylic acids is 1. The van der Waals surface area contributed by atoms with Gasteiger partial charge >= 0.3 is 0 Å². The lowest BCUT2D eigenvalue weighted by Gasteiger charge is -2.05. The van der Waals surface area contributed by atoms with Gasteiger partial charge in [0.15, 0.2) is 0 Å². The molecule has 1 atom stereocenters. The predicted molar refractivity (Wildman–Crippen MR) is 90.8 cm³/mol. The van der Waals surface area contributed by atoms with Crippen molar-refractivity contribution >= 4 is 44.0 Å². The topological polar surface area (TPSA) is 54.9 Å². The minimum Gasteiger partial charge on any atom is -0.316 e. The highest BCUT2D eigenvalue weighted by Gasteiger charge is 2.26. The zero-order valence-electron chi connectivity index (χ0n) is 12.4. The molecule has 0 bridgehead atoms. The van der Waals surface area contributed by atoms with Gasteiger partial charge in [-0.15, -0.1) is 11.3 Å². The second kappa shape index (κ2) is 5.65. The fourth-order valence-electron chi connectivity index (χ4n) is 2.95. The van der Waals surface area contributed by atoms with Gasteiger partial charge in [-0.25, -0.2) is 9.37 Å². The molecule has 0 spiro atoms. The van der Waals surface area contributed by atoms with E-state index in [1.165, 1.54) is 28.9 Å². The Bertz CT molecular complexity index is 902. The summed E-state index contributed by atoms with van der Waals surface area (Å²) in [7, 11) is 0. The summed E-state index contributed by atoms with van der Waals surface area (Å²) in [6.45, 7) is 2.15. The van der Waals surface area contributed by atoms with Crippen molar-refractivity contribution in [3.05, 3.63) is 40.3 Å². The molecule has 4 nitrogen and oxygen atoms in total. The van der Waals surface area contributed by atoms with Crippen molar-refractivity contribution in [2.75, 3.05) is 5.32 Å². The average Bonchev–Trinajstić information content (AvgIpc) is 3.19. The molecule has 7 heteroatoms. The predicted octanol–water partition coefficient (Wildman–Crippen LogP) is 4.12. The standard InChI is InChI=1S/C16H14FN3OS2/c1-8-2-3-10-15(8)20-23-16(10)19-14(21)5-9-4-13-12(6-11(9)17)18-7-22-13/h4,6-8H,2-3,5H2,1H3,(H,19,21). The van der Waals surface area contributed by atoms with Crippen LogP contribution in [-0.4, -0.2) is 15.3 Å². The number of nitrogens with one attached hydrogen (secondary N) is 1. The summed E-state index contributed by atoms with van der Waals surface area (Å²) >= 11 is 2.76. The molecule has 1 aromatic carbocycles. The summed E-state index contributed by atoms with van der Waals surface area (Å²) in [6, 6.07) is 3.10. The maximum atomic E-state index is 14.1. The summed E-state index contributed by atoms with van der Waals surface area (Å²) in [4.78, 5) is 16.4. The Morgan fingerprint density at radius 1 is 1.48 bits per heavy atom. The molecule has 0 saturated carbocycles. The van der Waals surface area contributed by atoms with Crippen LogP contribution in [0.2, 0.25) is 0 Å². The maximum absolute atomic E-state index is 14.1. The second-order valence-corrected chi connectivity index (χ2v) is 7.46. The number of rotatable bonds is 3. The van der Waals surface area contributed by atoms with Crippen LogP contribution in [0.25, 0.3) is 10.2 Å². The van der Waals surface area contributed by atoms with E-state index in [1.807, 2.05) is 0 Å². The summed E-state index contributed by atoms with van der Waals surface area (Å²) < 4.78 is 19.4. The van der Waals surface area contributed by atoms with Gasteiger partial charge in [0.05, 0.1) is 27.8 Å². The highest BCUT2D eigenvalue weighted by molar-refractivity contribution is 7.16. The fourth-order valence-corrected chi connectivity index (χ4v) is 4.62. The molecule has 3 aromatic rings. The molecule has 2 heterocycles. The van der Waals surface area contributed by atoms with Crippen molar-refractivity contribution in [2.45, 2.75) is 32.1 Å². The normalized spacial score (nSPS) is 16.7. The smallest absolute Gasteiger partial charge is 0.229 e. The number of hydrogen-bond donors (Lipinski definition) is 1. The number of anilines is 1. The van der Waals surface area contributed by atoms with E-state index in [-0.39, 0.29) is 18.1 Å². The van der Waals surface area contributed by atoms with Crippen LogP contribution < -0.4 is 5.32 Å². The van der Waals surface area contributed by atoms with E-state index in [4.69, 9.17) is 0 Å². The van der Waals surface area contributed by atoms with E-state index in [0.29, 0.717) is 17.0 Å².